The van der Waals surface area contributed by atoms with E-state index in [9.17, 15) is 40.9 Å². The van der Waals surface area contributed by atoms with Gasteiger partial charge in [-0.1, -0.05) is 251 Å². The molecule has 0 radical (unpaired) electrons. The fourth-order valence-electron chi connectivity index (χ4n) is 21.0. The Labute approximate surface area is 600 Å². The average Bonchev–Trinajstić information content (AvgIpc) is 0.954. The van der Waals surface area contributed by atoms with E-state index in [2.05, 4.69) is 187 Å². The summed E-state index contributed by atoms with van der Waals surface area (Å²) in [4.78, 5) is 0. The first-order valence-corrected chi connectivity index (χ1v) is 42.3. The van der Waals surface area contributed by atoms with Gasteiger partial charge in [0.2, 0.25) is 0 Å². The van der Waals surface area contributed by atoms with E-state index >= 15 is 0 Å². The van der Waals surface area contributed by atoms with Crippen molar-refractivity contribution < 1.29 is 40.9 Å². The number of aliphatic hydroxyl groups excluding tert-OH is 8. The van der Waals surface area contributed by atoms with E-state index < -0.39 is 0 Å². The van der Waals surface area contributed by atoms with Crippen LogP contribution in [0.4, 0.5) is 0 Å². The third-order valence-corrected chi connectivity index (χ3v) is 27.6. The van der Waals surface area contributed by atoms with E-state index in [4.69, 9.17) is 0 Å². The largest absolute Gasteiger partial charge is 0.393 e. The van der Waals surface area contributed by atoms with Crippen LogP contribution in [0.1, 0.15) is 354 Å². The molecule has 0 aromatic rings. The van der Waals surface area contributed by atoms with E-state index in [1.54, 1.807) is 0 Å². The molecule has 8 N–H and O–H groups in total. The molecule has 8 fully saturated rings. The molecular weight excluding hydrogens is 1180 g/mol. The fraction of sp³-hybridized carbons (Fsp3) is 1.00. The molecule has 0 amide bonds. The minimum absolute atomic E-state index is 0.0249. The predicted octanol–water partition coefficient (Wildman–Crippen LogP) is 22.2. The van der Waals surface area contributed by atoms with Gasteiger partial charge in [-0.15, -0.1) is 0 Å². The van der Waals surface area contributed by atoms with Crippen LogP contribution in [-0.2, 0) is 0 Å². The summed E-state index contributed by atoms with van der Waals surface area (Å²) in [5.41, 5.74) is 0. The normalized spacial score (nSPS) is 43.2. The summed E-state index contributed by atoms with van der Waals surface area (Å²) in [6.45, 7) is 60.5. The molecule has 8 heteroatoms. The highest BCUT2D eigenvalue weighted by Crippen LogP contribution is 2.44. The lowest BCUT2D eigenvalue weighted by atomic mass is 9.68. The number of hydrogen-bond acceptors (Lipinski definition) is 8. The highest BCUT2D eigenvalue weighted by Gasteiger charge is 2.39. The van der Waals surface area contributed by atoms with Gasteiger partial charge in [0.15, 0.2) is 0 Å². The van der Waals surface area contributed by atoms with Crippen molar-refractivity contribution in [2.24, 2.45) is 160 Å². The van der Waals surface area contributed by atoms with E-state index in [0.29, 0.717) is 107 Å². The van der Waals surface area contributed by atoms with Gasteiger partial charge in [0, 0.05) is 0 Å². The second-order valence-electron chi connectivity index (χ2n) is 37.2. The maximum Gasteiger partial charge on any atom is 0.0598 e. The summed E-state index contributed by atoms with van der Waals surface area (Å²) in [6.07, 6.45) is 31.2. The van der Waals surface area contributed by atoms with Crippen molar-refractivity contribution in [2.75, 3.05) is 0 Å². The van der Waals surface area contributed by atoms with Gasteiger partial charge in [0.05, 0.1) is 48.8 Å². The summed E-state index contributed by atoms with van der Waals surface area (Å²) in [6, 6.07) is 0. The molecule has 8 saturated carbocycles. The molecular formula is C88H176O8. The van der Waals surface area contributed by atoms with Gasteiger partial charge in [0.25, 0.3) is 0 Å². The second kappa shape index (κ2) is 48.7. The van der Waals surface area contributed by atoms with Crippen molar-refractivity contribution in [1.82, 2.24) is 0 Å². The zero-order valence-corrected chi connectivity index (χ0v) is 69.2. The van der Waals surface area contributed by atoms with E-state index in [0.717, 1.165) is 98.2 Å². The third kappa shape index (κ3) is 32.4. The van der Waals surface area contributed by atoms with E-state index in [1.807, 2.05) is 0 Å². The van der Waals surface area contributed by atoms with Crippen molar-refractivity contribution in [3.05, 3.63) is 0 Å². The van der Waals surface area contributed by atoms with Gasteiger partial charge in [-0.2, -0.15) is 0 Å². The third-order valence-electron chi connectivity index (χ3n) is 27.6. The maximum absolute atomic E-state index is 9.98. The van der Waals surface area contributed by atoms with Crippen LogP contribution in [0, 0.1) is 160 Å². The first kappa shape index (κ1) is 93.7. The Hall–Kier alpha value is -0.320. The second-order valence-corrected chi connectivity index (χ2v) is 37.2. The van der Waals surface area contributed by atoms with Crippen LogP contribution in [0.15, 0.2) is 0 Å². The van der Waals surface area contributed by atoms with E-state index in [-0.39, 0.29) is 48.8 Å². The number of rotatable bonds is 13. The SMILES string of the molecule is CC(C)C1C(C)CCC(C)C1O.CC(C)C1C(O)CCC(C)C1C.CC1CC(C)C(C(C)C)C(O)C1.CCCC1C(C)CC(O)CC1C.CCCC1CC(C)C(C)C(O)C1.CCCC1CC(C)C(O)C(C)C1.CCCC1CC(C)C(O)CC1C.CCCC1CCC(O)C(C)C1C. The average molecular weight is 1360 g/mol. The standard InChI is InChI=1S/8C11H22O/c1-7(2)11-9(4)5-8(3)6-10(11)12;1-7(2)11-9(4)8(3)5-6-10(11)12;1-7(2)10-8(3)5-6-9(4)11(10)12;1-4-5-10-6-9(3)11(12)7-8(10)2;1-4-5-10-6-8(2)9(3)11(12)7-10;1-4-5-11-8(2)6-10(12)7-9(11)3;1-4-5-10-6-8(2)11(12)9(3)7-10;1-4-5-10-6-7-11(12)9(3)8(10)2/h3*7-12H,5-6H2,1-4H3;5*8-12H,4-7H2,1-3H3. The lowest BCUT2D eigenvalue weighted by molar-refractivity contribution is -0.0242. The molecule has 0 heterocycles. The molecule has 0 spiro atoms. The Morgan fingerprint density at radius 3 is 1.18 bits per heavy atom. The first-order valence-electron chi connectivity index (χ1n) is 42.3. The monoisotopic (exact) mass is 1360 g/mol. The molecule has 8 aliphatic carbocycles. The van der Waals surface area contributed by atoms with Gasteiger partial charge in [-0.3, -0.25) is 0 Å². The van der Waals surface area contributed by atoms with Gasteiger partial charge in [0.1, 0.15) is 0 Å². The van der Waals surface area contributed by atoms with E-state index in [1.165, 1.54) is 122 Å². The molecule has 0 aromatic heterocycles. The molecule has 8 aliphatic rings. The Balaban J connectivity index is 0.000000549. The molecule has 0 bridgehead atoms. The molecule has 96 heavy (non-hydrogen) atoms. The van der Waals surface area contributed by atoms with Gasteiger partial charge in [-0.25, -0.2) is 0 Å². The Morgan fingerprint density at radius 1 is 0.260 bits per heavy atom. The van der Waals surface area contributed by atoms with Crippen molar-refractivity contribution in [2.45, 2.75) is 403 Å². The van der Waals surface area contributed by atoms with Crippen LogP contribution in [0.2, 0.25) is 0 Å². The summed E-state index contributed by atoms with van der Waals surface area (Å²) < 4.78 is 0. The van der Waals surface area contributed by atoms with Crippen LogP contribution in [-0.4, -0.2) is 89.7 Å². The zero-order valence-electron chi connectivity index (χ0n) is 69.2. The topological polar surface area (TPSA) is 162 Å². The fourth-order valence-corrected chi connectivity index (χ4v) is 21.0. The quantitative estimate of drug-likeness (QED) is 0.0904. The minimum atomic E-state index is -0.0613. The molecule has 576 valence electrons. The molecule has 0 saturated heterocycles. The van der Waals surface area contributed by atoms with Crippen molar-refractivity contribution in [1.29, 1.82) is 0 Å². The smallest absolute Gasteiger partial charge is 0.0598 e. The highest BCUT2D eigenvalue weighted by atomic mass is 16.3. The highest BCUT2D eigenvalue weighted by molar-refractivity contribution is 4.90. The summed E-state index contributed by atoms with van der Waals surface area (Å²) in [5, 5.41) is 78.0. The Morgan fingerprint density at radius 2 is 0.719 bits per heavy atom. The predicted molar refractivity (Wildman–Crippen MR) is 416 cm³/mol. The summed E-state index contributed by atoms with van der Waals surface area (Å²) >= 11 is 0. The lowest BCUT2D eigenvalue weighted by Gasteiger charge is -2.40. The molecule has 0 aliphatic heterocycles. The van der Waals surface area contributed by atoms with Gasteiger partial charge in [-0.05, 0) is 263 Å². The molecule has 8 nitrogen and oxygen atoms in total. The van der Waals surface area contributed by atoms with Gasteiger partial charge < -0.3 is 40.9 Å². The Bertz CT molecular complexity index is 1760. The maximum atomic E-state index is 9.98. The Kier molecular flexibility index (Phi) is 47.5. The van der Waals surface area contributed by atoms with Crippen LogP contribution < -0.4 is 0 Å². The van der Waals surface area contributed by atoms with Crippen LogP contribution in [0.3, 0.4) is 0 Å². The summed E-state index contributed by atoms with van der Waals surface area (Å²) in [7, 11) is 0. The van der Waals surface area contributed by atoms with Crippen molar-refractivity contribution in [3.8, 4) is 0 Å². The number of aliphatic hydroxyl groups is 8. The molecule has 0 aromatic carbocycles. The molecule has 8 rings (SSSR count). The number of hydrogen-bond donors (Lipinski definition) is 8. The van der Waals surface area contributed by atoms with Gasteiger partial charge >= 0.3 is 0 Å². The molecule has 28 atom stereocenters. The first-order chi connectivity index (χ1) is 44.8. The van der Waals surface area contributed by atoms with Crippen LogP contribution in [0.5, 0.6) is 0 Å². The molecule has 28 unspecified atom stereocenters. The van der Waals surface area contributed by atoms with Crippen molar-refractivity contribution >= 4 is 0 Å². The van der Waals surface area contributed by atoms with Crippen molar-refractivity contribution in [3.63, 3.8) is 0 Å². The van der Waals surface area contributed by atoms with Crippen LogP contribution >= 0.6 is 0 Å². The summed E-state index contributed by atoms with van der Waals surface area (Å²) in [5.74, 6) is 18.0. The zero-order chi connectivity index (χ0) is 73.6. The lowest BCUT2D eigenvalue weighted by Crippen LogP contribution is -2.39. The van der Waals surface area contributed by atoms with Crippen LogP contribution in [0.25, 0.3) is 0 Å². The minimum Gasteiger partial charge on any atom is -0.393 e.